The number of likely N-dealkylation sites (N-methyl/N-ethyl adjacent to an activating group) is 1. The Balaban J connectivity index is 1.66. The first-order chi connectivity index (χ1) is 11.2. The van der Waals surface area contributed by atoms with E-state index in [0.717, 1.165) is 17.1 Å². The van der Waals surface area contributed by atoms with E-state index in [-0.39, 0.29) is 5.91 Å². The number of carbonyl (C=O) groups excluding carboxylic acids is 1. The van der Waals surface area contributed by atoms with Crippen molar-refractivity contribution in [1.29, 1.82) is 0 Å². The van der Waals surface area contributed by atoms with E-state index >= 15 is 0 Å². The molecule has 0 N–H and O–H groups in total. The SMILES string of the molecule is Cc1ccccc1OCCN(C)C(=O)CCOc1ccccc1. The topological polar surface area (TPSA) is 38.8 Å². The molecule has 0 aliphatic heterocycles. The molecule has 23 heavy (non-hydrogen) atoms. The number of ether oxygens (including phenoxy) is 2. The molecule has 0 fully saturated rings. The first-order valence-corrected chi connectivity index (χ1v) is 7.77. The zero-order chi connectivity index (χ0) is 16.5. The number of benzene rings is 2. The quantitative estimate of drug-likeness (QED) is 0.750. The lowest BCUT2D eigenvalue weighted by Crippen LogP contribution is -2.31. The molecule has 0 saturated heterocycles. The number of para-hydroxylation sites is 2. The molecule has 0 aromatic heterocycles. The van der Waals surface area contributed by atoms with E-state index in [1.807, 2.05) is 61.5 Å². The van der Waals surface area contributed by atoms with Gasteiger partial charge in [-0.3, -0.25) is 4.79 Å². The molecule has 122 valence electrons. The van der Waals surface area contributed by atoms with Gasteiger partial charge in [-0.25, -0.2) is 0 Å². The number of hydrogen-bond donors (Lipinski definition) is 0. The minimum Gasteiger partial charge on any atom is -0.493 e. The molecule has 0 atom stereocenters. The maximum Gasteiger partial charge on any atom is 0.225 e. The fourth-order valence-electron chi connectivity index (χ4n) is 2.10. The van der Waals surface area contributed by atoms with Crippen LogP contribution in [0.1, 0.15) is 12.0 Å². The van der Waals surface area contributed by atoms with Crippen LogP contribution in [0.2, 0.25) is 0 Å². The maximum atomic E-state index is 12.0. The van der Waals surface area contributed by atoms with E-state index < -0.39 is 0 Å². The van der Waals surface area contributed by atoms with Crippen LogP contribution in [-0.2, 0) is 4.79 Å². The second-order valence-electron chi connectivity index (χ2n) is 5.34. The monoisotopic (exact) mass is 313 g/mol. The second-order valence-corrected chi connectivity index (χ2v) is 5.34. The lowest BCUT2D eigenvalue weighted by Gasteiger charge is -2.18. The first kappa shape index (κ1) is 16.9. The summed E-state index contributed by atoms with van der Waals surface area (Å²) in [5, 5.41) is 0. The van der Waals surface area contributed by atoms with Gasteiger partial charge in [0.2, 0.25) is 5.91 Å². The molecule has 2 aromatic carbocycles. The summed E-state index contributed by atoms with van der Waals surface area (Å²) in [4.78, 5) is 13.7. The molecule has 0 aliphatic rings. The van der Waals surface area contributed by atoms with Crippen molar-refractivity contribution in [2.45, 2.75) is 13.3 Å². The number of hydrogen-bond acceptors (Lipinski definition) is 3. The molecule has 0 unspecified atom stereocenters. The van der Waals surface area contributed by atoms with E-state index in [4.69, 9.17) is 9.47 Å². The maximum absolute atomic E-state index is 12.0. The van der Waals surface area contributed by atoms with Crippen LogP contribution < -0.4 is 9.47 Å². The van der Waals surface area contributed by atoms with Crippen LogP contribution in [0.5, 0.6) is 11.5 Å². The molecule has 0 aliphatic carbocycles. The Morgan fingerprint density at radius 3 is 2.39 bits per heavy atom. The van der Waals surface area contributed by atoms with Crippen molar-refractivity contribution in [2.24, 2.45) is 0 Å². The van der Waals surface area contributed by atoms with E-state index in [2.05, 4.69) is 0 Å². The van der Waals surface area contributed by atoms with Crippen molar-refractivity contribution in [3.05, 3.63) is 60.2 Å². The standard InChI is InChI=1S/C19H23NO3/c1-16-8-6-7-11-18(16)23-15-13-20(2)19(21)12-14-22-17-9-4-3-5-10-17/h3-11H,12-15H2,1-2H3. The number of nitrogens with zero attached hydrogens (tertiary/aromatic N) is 1. The summed E-state index contributed by atoms with van der Waals surface area (Å²) in [5.74, 6) is 1.70. The molecule has 0 spiro atoms. The molecule has 0 radical (unpaired) electrons. The third kappa shape index (κ3) is 5.66. The highest BCUT2D eigenvalue weighted by molar-refractivity contribution is 5.75. The van der Waals surface area contributed by atoms with Crippen LogP contribution in [0.4, 0.5) is 0 Å². The Bertz CT molecular complexity index is 613. The lowest BCUT2D eigenvalue weighted by molar-refractivity contribution is -0.130. The van der Waals surface area contributed by atoms with E-state index in [1.54, 1.807) is 11.9 Å². The molecule has 2 rings (SSSR count). The Hall–Kier alpha value is -2.49. The molecular formula is C19H23NO3. The number of carbonyl (C=O) groups is 1. The first-order valence-electron chi connectivity index (χ1n) is 7.77. The van der Waals surface area contributed by atoms with Gasteiger partial charge in [0.25, 0.3) is 0 Å². The van der Waals surface area contributed by atoms with Gasteiger partial charge in [0.1, 0.15) is 18.1 Å². The Labute approximate surface area is 137 Å². The van der Waals surface area contributed by atoms with Gasteiger partial charge in [-0.2, -0.15) is 0 Å². The Morgan fingerprint density at radius 1 is 0.957 bits per heavy atom. The molecular weight excluding hydrogens is 290 g/mol. The minimum atomic E-state index is 0.0503. The molecule has 0 heterocycles. The average Bonchev–Trinajstić information content (AvgIpc) is 2.57. The fourth-order valence-corrected chi connectivity index (χ4v) is 2.10. The third-order valence-electron chi connectivity index (χ3n) is 3.53. The normalized spacial score (nSPS) is 10.2. The fraction of sp³-hybridized carbons (Fsp3) is 0.316. The van der Waals surface area contributed by atoms with Gasteiger partial charge in [0, 0.05) is 7.05 Å². The predicted molar refractivity (Wildman–Crippen MR) is 90.9 cm³/mol. The molecule has 4 heteroatoms. The zero-order valence-corrected chi connectivity index (χ0v) is 13.7. The second kappa shape index (κ2) is 8.83. The van der Waals surface area contributed by atoms with E-state index in [9.17, 15) is 4.79 Å². The summed E-state index contributed by atoms with van der Waals surface area (Å²) < 4.78 is 11.2. The van der Waals surface area contributed by atoms with Gasteiger partial charge in [-0.05, 0) is 30.7 Å². The highest BCUT2D eigenvalue weighted by Crippen LogP contribution is 2.15. The molecule has 4 nitrogen and oxygen atoms in total. The van der Waals surface area contributed by atoms with E-state index in [1.165, 1.54) is 0 Å². The molecule has 0 saturated carbocycles. The van der Waals surface area contributed by atoms with Gasteiger partial charge in [0.15, 0.2) is 0 Å². The summed E-state index contributed by atoms with van der Waals surface area (Å²) in [6.07, 6.45) is 0.357. The summed E-state index contributed by atoms with van der Waals surface area (Å²) in [6, 6.07) is 17.4. The summed E-state index contributed by atoms with van der Waals surface area (Å²) in [6.45, 7) is 3.42. The van der Waals surface area contributed by atoms with Crippen molar-refractivity contribution in [3.8, 4) is 11.5 Å². The summed E-state index contributed by atoms with van der Waals surface area (Å²) >= 11 is 0. The summed E-state index contributed by atoms with van der Waals surface area (Å²) in [5.41, 5.74) is 1.10. The van der Waals surface area contributed by atoms with Gasteiger partial charge in [-0.15, -0.1) is 0 Å². The zero-order valence-electron chi connectivity index (χ0n) is 13.7. The van der Waals surface area contributed by atoms with Crippen LogP contribution >= 0.6 is 0 Å². The van der Waals surface area contributed by atoms with Crippen molar-refractivity contribution < 1.29 is 14.3 Å². The average molecular weight is 313 g/mol. The van der Waals surface area contributed by atoms with Gasteiger partial charge in [0.05, 0.1) is 19.6 Å². The van der Waals surface area contributed by atoms with Gasteiger partial charge in [-0.1, -0.05) is 36.4 Å². The Morgan fingerprint density at radius 2 is 1.65 bits per heavy atom. The molecule has 1 amide bonds. The smallest absolute Gasteiger partial charge is 0.225 e. The predicted octanol–water partition coefficient (Wildman–Crippen LogP) is 3.30. The lowest BCUT2D eigenvalue weighted by atomic mass is 10.2. The highest BCUT2D eigenvalue weighted by Gasteiger charge is 2.09. The van der Waals surface area contributed by atoms with Gasteiger partial charge < -0.3 is 14.4 Å². The van der Waals surface area contributed by atoms with Crippen molar-refractivity contribution in [3.63, 3.8) is 0 Å². The van der Waals surface area contributed by atoms with Crippen LogP contribution in [0.25, 0.3) is 0 Å². The summed E-state index contributed by atoms with van der Waals surface area (Å²) in [7, 11) is 1.78. The minimum absolute atomic E-state index is 0.0503. The van der Waals surface area contributed by atoms with Crippen LogP contribution in [0.3, 0.4) is 0 Å². The van der Waals surface area contributed by atoms with Crippen molar-refractivity contribution in [2.75, 3.05) is 26.8 Å². The number of amides is 1. The Kier molecular flexibility index (Phi) is 6.48. The highest BCUT2D eigenvalue weighted by atomic mass is 16.5. The van der Waals surface area contributed by atoms with Crippen LogP contribution in [0.15, 0.2) is 54.6 Å². The molecule has 2 aromatic rings. The van der Waals surface area contributed by atoms with Crippen molar-refractivity contribution >= 4 is 5.91 Å². The number of rotatable bonds is 8. The van der Waals surface area contributed by atoms with Gasteiger partial charge >= 0.3 is 0 Å². The van der Waals surface area contributed by atoms with Crippen LogP contribution in [-0.4, -0.2) is 37.6 Å². The van der Waals surface area contributed by atoms with Crippen LogP contribution in [0, 0.1) is 6.92 Å². The van der Waals surface area contributed by atoms with E-state index in [0.29, 0.717) is 26.2 Å². The largest absolute Gasteiger partial charge is 0.493 e. The third-order valence-corrected chi connectivity index (χ3v) is 3.53. The number of aryl methyl sites for hydroxylation is 1. The van der Waals surface area contributed by atoms with Crippen molar-refractivity contribution in [1.82, 2.24) is 4.90 Å². The molecule has 0 bridgehead atoms.